The first-order valence-electron chi connectivity index (χ1n) is 5.32. The van der Waals surface area contributed by atoms with Crippen molar-refractivity contribution in [3.8, 4) is 0 Å². The maximum absolute atomic E-state index is 12.3. The smallest absolute Gasteiger partial charge is 0.254 e. The Morgan fingerprint density at radius 2 is 2.11 bits per heavy atom. The molecule has 1 atom stereocenters. The first-order valence-corrected chi connectivity index (χ1v) is 7.32. The van der Waals surface area contributed by atoms with Crippen LogP contribution in [-0.2, 0) is 0 Å². The molecule has 0 aromatic heterocycles. The summed E-state index contributed by atoms with van der Waals surface area (Å²) in [4.78, 5) is 14.3. The average molecular weight is 394 g/mol. The van der Waals surface area contributed by atoms with E-state index in [1.807, 2.05) is 19.1 Å². The third-order valence-electron chi connectivity index (χ3n) is 2.54. The molecule has 3 nitrogen and oxygen atoms in total. The van der Waals surface area contributed by atoms with E-state index < -0.39 is 0 Å². The van der Waals surface area contributed by atoms with E-state index >= 15 is 0 Å². The van der Waals surface area contributed by atoms with Crippen LogP contribution in [0.2, 0.25) is 0 Å². The van der Waals surface area contributed by atoms with Gasteiger partial charge in [-0.05, 0) is 34.1 Å². The van der Waals surface area contributed by atoms with Gasteiger partial charge in [0, 0.05) is 28.5 Å². The monoisotopic (exact) mass is 392 g/mol. The first kappa shape index (κ1) is 15.6. The topological polar surface area (TPSA) is 46.3 Å². The van der Waals surface area contributed by atoms with Crippen LogP contribution in [-0.4, -0.2) is 29.4 Å². The summed E-state index contributed by atoms with van der Waals surface area (Å²) in [5, 5.41) is 0. The maximum atomic E-state index is 12.3. The van der Waals surface area contributed by atoms with Crippen LogP contribution in [0, 0.1) is 5.92 Å². The van der Waals surface area contributed by atoms with Crippen LogP contribution >= 0.6 is 44.1 Å². The molecular formula is C12H14Br2N2OS. The molecule has 1 aromatic carbocycles. The van der Waals surface area contributed by atoms with Crippen molar-refractivity contribution in [3.05, 3.63) is 32.7 Å². The Morgan fingerprint density at radius 3 is 2.67 bits per heavy atom. The zero-order chi connectivity index (χ0) is 13.9. The Balaban J connectivity index is 2.86. The minimum atomic E-state index is -0.0636. The molecule has 0 bridgehead atoms. The molecule has 98 valence electrons. The number of rotatable bonds is 4. The Bertz CT molecular complexity index is 479. The summed E-state index contributed by atoms with van der Waals surface area (Å²) in [6.07, 6.45) is 0. The molecule has 0 fully saturated rings. The summed E-state index contributed by atoms with van der Waals surface area (Å²) < 4.78 is 1.63. The standard InChI is InChI=1S/C12H14Br2N2OS/c1-7(11(15)18)6-16(2)12(17)9-5-8(13)3-4-10(9)14/h3-5,7H,6H2,1-2H3,(H2,15,18). The molecular weight excluding hydrogens is 380 g/mol. The molecule has 1 amide bonds. The average Bonchev–Trinajstić information content (AvgIpc) is 2.31. The van der Waals surface area contributed by atoms with Gasteiger partial charge in [0.05, 0.1) is 10.6 Å². The lowest BCUT2D eigenvalue weighted by Gasteiger charge is -2.21. The molecule has 6 heteroatoms. The molecule has 18 heavy (non-hydrogen) atoms. The highest BCUT2D eigenvalue weighted by molar-refractivity contribution is 9.11. The van der Waals surface area contributed by atoms with Crippen LogP contribution in [0.4, 0.5) is 0 Å². The molecule has 1 aromatic rings. The van der Waals surface area contributed by atoms with Gasteiger partial charge in [0.1, 0.15) is 0 Å². The number of hydrogen-bond donors (Lipinski definition) is 1. The van der Waals surface area contributed by atoms with Gasteiger partial charge in [0.15, 0.2) is 0 Å². The quantitative estimate of drug-likeness (QED) is 0.799. The number of thiocarbonyl (C=S) groups is 1. The Kier molecular flexibility index (Phi) is 5.75. The number of nitrogens with zero attached hydrogens (tertiary/aromatic N) is 1. The normalized spacial score (nSPS) is 12.0. The molecule has 0 radical (unpaired) electrons. The number of benzene rings is 1. The molecule has 0 aliphatic carbocycles. The SMILES string of the molecule is CC(CN(C)C(=O)c1cc(Br)ccc1Br)C(N)=S. The summed E-state index contributed by atoms with van der Waals surface area (Å²) >= 11 is 11.6. The predicted molar refractivity (Wildman–Crippen MR) is 84.8 cm³/mol. The van der Waals surface area contributed by atoms with Crippen LogP contribution in [0.15, 0.2) is 27.1 Å². The first-order chi connectivity index (χ1) is 8.32. The Hall–Kier alpha value is -0.460. The number of nitrogens with two attached hydrogens (primary N) is 1. The molecule has 0 aliphatic rings. The van der Waals surface area contributed by atoms with Crippen molar-refractivity contribution in [1.29, 1.82) is 0 Å². The molecule has 0 spiro atoms. The van der Waals surface area contributed by atoms with Crippen molar-refractivity contribution in [2.24, 2.45) is 11.7 Å². The number of carbonyl (C=O) groups excluding carboxylic acids is 1. The molecule has 1 unspecified atom stereocenters. The molecule has 0 saturated heterocycles. The second-order valence-corrected chi connectivity index (χ2v) is 6.35. The van der Waals surface area contributed by atoms with E-state index in [-0.39, 0.29) is 11.8 Å². The number of amides is 1. The minimum absolute atomic E-state index is 0.000113. The fraction of sp³-hybridized carbons (Fsp3) is 0.333. The lowest BCUT2D eigenvalue weighted by atomic mass is 10.1. The van der Waals surface area contributed by atoms with E-state index in [1.165, 1.54) is 0 Å². The summed E-state index contributed by atoms with van der Waals surface area (Å²) in [5.41, 5.74) is 6.17. The Morgan fingerprint density at radius 1 is 1.50 bits per heavy atom. The number of hydrogen-bond acceptors (Lipinski definition) is 2. The number of halogens is 2. The van der Waals surface area contributed by atoms with Crippen LogP contribution in [0.3, 0.4) is 0 Å². The fourth-order valence-electron chi connectivity index (χ4n) is 1.45. The Labute approximate surface area is 129 Å². The second-order valence-electron chi connectivity index (χ2n) is 4.11. The van der Waals surface area contributed by atoms with E-state index in [1.54, 1.807) is 18.0 Å². The highest BCUT2D eigenvalue weighted by Gasteiger charge is 2.18. The van der Waals surface area contributed by atoms with E-state index in [9.17, 15) is 4.79 Å². The maximum Gasteiger partial charge on any atom is 0.254 e. The minimum Gasteiger partial charge on any atom is -0.393 e. The molecule has 2 N–H and O–H groups in total. The van der Waals surface area contributed by atoms with Gasteiger partial charge in [-0.3, -0.25) is 4.79 Å². The summed E-state index contributed by atoms with van der Waals surface area (Å²) in [6.45, 7) is 2.41. The highest BCUT2D eigenvalue weighted by atomic mass is 79.9. The van der Waals surface area contributed by atoms with Gasteiger partial charge in [0.2, 0.25) is 0 Å². The van der Waals surface area contributed by atoms with Crippen molar-refractivity contribution < 1.29 is 4.79 Å². The van der Waals surface area contributed by atoms with E-state index in [0.29, 0.717) is 17.1 Å². The second kappa shape index (κ2) is 6.63. The lowest BCUT2D eigenvalue weighted by Crippen LogP contribution is -2.35. The fourth-order valence-corrected chi connectivity index (χ4v) is 2.30. The predicted octanol–water partition coefficient (Wildman–Crippen LogP) is 3.21. The molecule has 1 rings (SSSR count). The number of carbonyl (C=O) groups is 1. The van der Waals surface area contributed by atoms with Crippen molar-refractivity contribution >= 4 is 55.0 Å². The zero-order valence-corrected chi connectivity index (χ0v) is 14.1. The van der Waals surface area contributed by atoms with Crippen LogP contribution < -0.4 is 5.73 Å². The van der Waals surface area contributed by atoms with Gasteiger partial charge in [-0.1, -0.05) is 35.1 Å². The lowest BCUT2D eigenvalue weighted by molar-refractivity contribution is 0.0786. The third-order valence-corrected chi connectivity index (χ3v) is 4.13. The van der Waals surface area contributed by atoms with Gasteiger partial charge in [-0.2, -0.15) is 0 Å². The van der Waals surface area contributed by atoms with Crippen molar-refractivity contribution in [1.82, 2.24) is 4.90 Å². The largest absolute Gasteiger partial charge is 0.393 e. The van der Waals surface area contributed by atoms with E-state index in [2.05, 4.69) is 31.9 Å². The van der Waals surface area contributed by atoms with Gasteiger partial charge in [0.25, 0.3) is 5.91 Å². The highest BCUT2D eigenvalue weighted by Crippen LogP contribution is 2.22. The van der Waals surface area contributed by atoms with Crippen LogP contribution in [0.1, 0.15) is 17.3 Å². The molecule has 0 aliphatic heterocycles. The zero-order valence-electron chi connectivity index (χ0n) is 10.1. The van der Waals surface area contributed by atoms with Crippen molar-refractivity contribution in [2.75, 3.05) is 13.6 Å². The third kappa shape index (κ3) is 4.03. The van der Waals surface area contributed by atoms with Crippen LogP contribution in [0.5, 0.6) is 0 Å². The van der Waals surface area contributed by atoms with Crippen molar-refractivity contribution in [2.45, 2.75) is 6.92 Å². The molecule has 0 saturated carbocycles. The van der Waals surface area contributed by atoms with Gasteiger partial charge >= 0.3 is 0 Å². The summed E-state index contributed by atoms with van der Waals surface area (Å²) in [6, 6.07) is 5.50. The van der Waals surface area contributed by atoms with Gasteiger partial charge < -0.3 is 10.6 Å². The summed E-state index contributed by atoms with van der Waals surface area (Å²) in [5.74, 6) is -0.0637. The van der Waals surface area contributed by atoms with E-state index in [0.717, 1.165) is 8.95 Å². The molecule has 0 heterocycles. The summed E-state index contributed by atoms with van der Waals surface area (Å²) in [7, 11) is 1.74. The van der Waals surface area contributed by atoms with Crippen molar-refractivity contribution in [3.63, 3.8) is 0 Å². The van der Waals surface area contributed by atoms with Gasteiger partial charge in [-0.25, -0.2) is 0 Å². The van der Waals surface area contributed by atoms with Gasteiger partial charge in [-0.15, -0.1) is 0 Å². The van der Waals surface area contributed by atoms with E-state index in [4.69, 9.17) is 18.0 Å². The van der Waals surface area contributed by atoms with Crippen LogP contribution in [0.25, 0.3) is 0 Å².